The maximum atomic E-state index is 12.4. The molecule has 0 spiro atoms. The molecule has 3 rings (SSSR count). The van der Waals surface area contributed by atoms with E-state index in [0.717, 1.165) is 5.69 Å². The Bertz CT molecular complexity index is 1020. The monoisotopic (exact) mass is 387 g/mol. The lowest BCUT2D eigenvalue weighted by atomic mass is 10.1. The zero-order valence-electron chi connectivity index (χ0n) is 14.3. The lowest BCUT2D eigenvalue weighted by Gasteiger charge is -2.10. The number of nitrogens with one attached hydrogen (secondary N) is 2. The van der Waals surface area contributed by atoms with E-state index in [2.05, 4.69) is 21.9 Å². The molecule has 5 nitrogen and oxygen atoms in total. The number of hydrogen-bond acceptors (Lipinski definition) is 4. The Morgan fingerprint density at radius 1 is 0.885 bits per heavy atom. The normalized spacial score (nSPS) is 11.2. The zero-order valence-corrected chi connectivity index (χ0v) is 15.9. The fourth-order valence-corrected chi connectivity index (χ4v) is 3.49. The summed E-state index contributed by atoms with van der Waals surface area (Å²) in [5.74, 6) is 0.627. The molecule has 3 aromatic rings. The summed E-state index contributed by atoms with van der Waals surface area (Å²) in [6, 6.07) is 15.4. The molecule has 0 fully saturated rings. The van der Waals surface area contributed by atoms with E-state index in [1.807, 2.05) is 25.1 Å². The van der Waals surface area contributed by atoms with Crippen LogP contribution in [0.5, 0.6) is 0 Å². The van der Waals surface area contributed by atoms with Crippen LogP contribution in [0.15, 0.2) is 65.7 Å². The highest BCUT2D eigenvalue weighted by atomic mass is 35.5. The Balaban J connectivity index is 1.73. The van der Waals surface area contributed by atoms with Crippen LogP contribution >= 0.6 is 11.6 Å². The van der Waals surface area contributed by atoms with E-state index in [9.17, 15) is 8.42 Å². The van der Waals surface area contributed by atoms with E-state index < -0.39 is 10.0 Å². The van der Waals surface area contributed by atoms with Gasteiger partial charge < -0.3 is 5.32 Å². The predicted molar refractivity (Wildman–Crippen MR) is 106 cm³/mol. The molecule has 0 aliphatic heterocycles. The molecule has 0 unspecified atom stereocenters. The topological polar surface area (TPSA) is 71.1 Å². The number of sulfonamides is 1. The molecule has 1 aromatic heterocycles. The van der Waals surface area contributed by atoms with Gasteiger partial charge in [0.1, 0.15) is 5.82 Å². The van der Waals surface area contributed by atoms with Crippen LogP contribution in [0.2, 0.25) is 5.02 Å². The summed E-state index contributed by atoms with van der Waals surface area (Å²) in [6.45, 7) is 4.10. The van der Waals surface area contributed by atoms with Crippen LogP contribution in [0, 0.1) is 13.8 Å². The van der Waals surface area contributed by atoms with Crippen LogP contribution in [0.25, 0.3) is 0 Å². The van der Waals surface area contributed by atoms with Crippen LogP contribution in [0.4, 0.5) is 17.2 Å². The molecular weight excluding hydrogens is 370 g/mol. The number of pyridine rings is 1. The van der Waals surface area contributed by atoms with Gasteiger partial charge in [-0.15, -0.1) is 0 Å². The second-order valence-corrected chi connectivity index (χ2v) is 8.03. The molecule has 1 heterocycles. The van der Waals surface area contributed by atoms with Gasteiger partial charge in [-0.25, -0.2) is 13.4 Å². The van der Waals surface area contributed by atoms with Gasteiger partial charge in [0.05, 0.1) is 16.8 Å². The number of anilines is 3. The average Bonchev–Trinajstić information content (AvgIpc) is 2.60. The summed E-state index contributed by atoms with van der Waals surface area (Å²) in [5, 5.41) is 3.68. The van der Waals surface area contributed by atoms with Crippen LogP contribution in [-0.2, 0) is 10.0 Å². The number of aryl methyl sites for hydroxylation is 2. The van der Waals surface area contributed by atoms with Crippen molar-refractivity contribution in [1.29, 1.82) is 0 Å². The van der Waals surface area contributed by atoms with Gasteiger partial charge in [0, 0.05) is 10.7 Å². The number of benzene rings is 2. The fraction of sp³-hybridized carbons (Fsp3) is 0.105. The highest BCUT2D eigenvalue weighted by molar-refractivity contribution is 7.92. The van der Waals surface area contributed by atoms with Crippen LogP contribution in [0.3, 0.4) is 0 Å². The number of nitrogens with zero attached hydrogens (tertiary/aromatic N) is 1. The Kier molecular flexibility index (Phi) is 5.15. The van der Waals surface area contributed by atoms with Crippen molar-refractivity contribution < 1.29 is 8.42 Å². The Morgan fingerprint density at radius 2 is 1.58 bits per heavy atom. The summed E-state index contributed by atoms with van der Waals surface area (Å²) in [4.78, 5) is 4.40. The Hall–Kier alpha value is -2.57. The molecule has 0 saturated carbocycles. The first-order valence-electron chi connectivity index (χ1n) is 7.92. The van der Waals surface area contributed by atoms with Crippen LogP contribution < -0.4 is 10.0 Å². The summed E-state index contributed by atoms with van der Waals surface area (Å²) in [6.07, 6.45) is 1.47. The van der Waals surface area contributed by atoms with Crippen LogP contribution in [-0.4, -0.2) is 13.4 Å². The minimum Gasteiger partial charge on any atom is -0.340 e. The second-order valence-electron chi connectivity index (χ2n) is 5.92. The van der Waals surface area contributed by atoms with E-state index in [1.165, 1.54) is 41.6 Å². The van der Waals surface area contributed by atoms with Crippen molar-refractivity contribution >= 4 is 38.8 Å². The zero-order chi connectivity index (χ0) is 18.7. The largest absolute Gasteiger partial charge is 0.340 e. The summed E-state index contributed by atoms with van der Waals surface area (Å²) in [7, 11) is -3.68. The van der Waals surface area contributed by atoms with Crippen molar-refractivity contribution in [2.75, 3.05) is 10.0 Å². The van der Waals surface area contributed by atoms with Gasteiger partial charge in [0.2, 0.25) is 0 Å². The van der Waals surface area contributed by atoms with Gasteiger partial charge in [0.15, 0.2) is 0 Å². The van der Waals surface area contributed by atoms with Crippen molar-refractivity contribution in [2.24, 2.45) is 0 Å². The molecular formula is C19H18ClN3O2S. The number of rotatable bonds is 5. The van der Waals surface area contributed by atoms with Crippen LogP contribution in [0.1, 0.15) is 11.1 Å². The predicted octanol–water partition coefficient (Wildman–Crippen LogP) is 4.90. The molecule has 0 bridgehead atoms. The Labute approximate surface area is 158 Å². The molecule has 7 heteroatoms. The van der Waals surface area contributed by atoms with Gasteiger partial charge in [0.25, 0.3) is 10.0 Å². The van der Waals surface area contributed by atoms with Crippen molar-refractivity contribution in [3.8, 4) is 0 Å². The van der Waals surface area contributed by atoms with Crippen molar-refractivity contribution in [2.45, 2.75) is 18.7 Å². The van der Waals surface area contributed by atoms with E-state index in [4.69, 9.17) is 11.6 Å². The summed E-state index contributed by atoms with van der Waals surface area (Å²) in [5.41, 5.74) is 3.71. The Morgan fingerprint density at radius 3 is 2.19 bits per heavy atom. The molecule has 2 N–H and O–H groups in total. The molecule has 0 aliphatic rings. The molecule has 134 valence electrons. The minimum absolute atomic E-state index is 0.138. The molecule has 0 saturated heterocycles. The standard InChI is InChI=1S/C19H18ClN3O2S/c1-13-3-6-16(11-14(13)2)22-19-10-7-17(12-21-19)23-26(24,25)18-8-4-15(20)5-9-18/h3-12,23H,1-2H3,(H,21,22). The van der Waals surface area contributed by atoms with Gasteiger partial charge >= 0.3 is 0 Å². The first kappa shape index (κ1) is 18.2. The van der Waals surface area contributed by atoms with Crippen molar-refractivity contribution in [3.63, 3.8) is 0 Å². The van der Waals surface area contributed by atoms with Gasteiger partial charge in [-0.3, -0.25) is 4.72 Å². The quantitative estimate of drug-likeness (QED) is 0.653. The second kappa shape index (κ2) is 7.35. The lowest BCUT2D eigenvalue weighted by Crippen LogP contribution is -2.13. The van der Waals surface area contributed by atoms with E-state index in [-0.39, 0.29) is 4.90 Å². The van der Waals surface area contributed by atoms with E-state index in [1.54, 1.807) is 12.1 Å². The average molecular weight is 388 g/mol. The first-order valence-corrected chi connectivity index (χ1v) is 9.78. The minimum atomic E-state index is -3.68. The van der Waals surface area contributed by atoms with Gasteiger partial charge in [-0.2, -0.15) is 0 Å². The maximum Gasteiger partial charge on any atom is 0.261 e. The highest BCUT2D eigenvalue weighted by Gasteiger charge is 2.14. The molecule has 0 radical (unpaired) electrons. The third-order valence-corrected chi connectivity index (χ3v) is 5.57. The number of halogens is 1. The fourth-order valence-electron chi connectivity index (χ4n) is 2.32. The third kappa shape index (κ3) is 4.33. The van der Waals surface area contributed by atoms with Crippen molar-refractivity contribution in [3.05, 3.63) is 76.9 Å². The van der Waals surface area contributed by atoms with Gasteiger partial charge in [-0.05, 0) is 73.5 Å². The smallest absolute Gasteiger partial charge is 0.261 e. The summed E-state index contributed by atoms with van der Waals surface area (Å²) < 4.78 is 27.2. The molecule has 0 amide bonds. The molecule has 26 heavy (non-hydrogen) atoms. The maximum absolute atomic E-state index is 12.4. The highest BCUT2D eigenvalue weighted by Crippen LogP contribution is 2.21. The molecule has 2 aromatic carbocycles. The van der Waals surface area contributed by atoms with E-state index in [0.29, 0.717) is 16.5 Å². The SMILES string of the molecule is Cc1ccc(Nc2ccc(NS(=O)(=O)c3ccc(Cl)cc3)cn2)cc1C. The molecule has 0 atom stereocenters. The third-order valence-electron chi connectivity index (χ3n) is 3.92. The number of aromatic nitrogens is 1. The lowest BCUT2D eigenvalue weighted by molar-refractivity contribution is 0.601. The van der Waals surface area contributed by atoms with E-state index >= 15 is 0 Å². The van der Waals surface area contributed by atoms with Gasteiger partial charge in [-0.1, -0.05) is 17.7 Å². The first-order chi connectivity index (χ1) is 12.3. The number of hydrogen-bond donors (Lipinski definition) is 2. The molecule has 0 aliphatic carbocycles. The van der Waals surface area contributed by atoms with Crippen molar-refractivity contribution in [1.82, 2.24) is 4.98 Å². The summed E-state index contributed by atoms with van der Waals surface area (Å²) >= 11 is 5.79.